The van der Waals surface area contributed by atoms with Gasteiger partial charge in [0.2, 0.25) is 0 Å². The van der Waals surface area contributed by atoms with Crippen LogP contribution in [0.15, 0.2) is 36.9 Å². The van der Waals surface area contributed by atoms with Crippen molar-refractivity contribution in [1.82, 2.24) is 19.4 Å². The molecule has 18 heavy (non-hydrogen) atoms. The summed E-state index contributed by atoms with van der Waals surface area (Å²) in [6.07, 6.45) is 7.21. The van der Waals surface area contributed by atoms with E-state index in [1.807, 2.05) is 31.6 Å². The van der Waals surface area contributed by atoms with Gasteiger partial charge in [-0.2, -0.15) is 15.5 Å². The van der Waals surface area contributed by atoms with E-state index in [-0.39, 0.29) is 12.4 Å². The number of fused-ring (bicyclic) bond motifs is 1. The lowest BCUT2D eigenvalue weighted by Gasteiger charge is -1.98. The Balaban J connectivity index is 0.00000120. The first kappa shape index (κ1) is 12.1. The Morgan fingerprint density at radius 3 is 2.61 bits per heavy atom. The molecule has 90 valence electrons. The first-order valence-electron chi connectivity index (χ1n) is 5.14. The number of aryl methyl sites for hydroxylation is 1. The molecule has 0 radical (unpaired) electrons. The fraction of sp³-hybridized carbons (Fsp3) is 0.0833. The Morgan fingerprint density at radius 1 is 1.11 bits per heavy atom. The molecule has 0 N–H and O–H groups in total. The molecule has 6 heteroatoms. The summed E-state index contributed by atoms with van der Waals surface area (Å²) in [6, 6.07) is 5.98. The number of halogens is 1. The van der Waals surface area contributed by atoms with Crippen molar-refractivity contribution in [2.45, 2.75) is 0 Å². The fourth-order valence-corrected chi connectivity index (χ4v) is 1.81. The summed E-state index contributed by atoms with van der Waals surface area (Å²) in [5.74, 6) is 0. The molecule has 0 saturated carbocycles. The van der Waals surface area contributed by atoms with E-state index in [4.69, 9.17) is 5.26 Å². The largest absolute Gasteiger partial charge is 0.275 e. The second kappa shape index (κ2) is 4.51. The van der Waals surface area contributed by atoms with Crippen LogP contribution in [0.3, 0.4) is 0 Å². The summed E-state index contributed by atoms with van der Waals surface area (Å²) in [5, 5.41) is 17.2. The van der Waals surface area contributed by atoms with Gasteiger partial charge >= 0.3 is 0 Å². The van der Waals surface area contributed by atoms with Crippen molar-refractivity contribution >= 4 is 17.9 Å². The second-order valence-corrected chi connectivity index (χ2v) is 3.82. The minimum atomic E-state index is 0. The van der Waals surface area contributed by atoms with Gasteiger partial charge in [0.25, 0.3) is 0 Å². The van der Waals surface area contributed by atoms with E-state index in [2.05, 4.69) is 16.3 Å². The maximum Gasteiger partial charge on any atom is 0.103 e. The Morgan fingerprint density at radius 2 is 1.94 bits per heavy atom. The molecule has 0 aliphatic rings. The number of pyridine rings is 1. The lowest BCUT2D eigenvalue weighted by Crippen LogP contribution is -1.88. The highest BCUT2D eigenvalue weighted by Crippen LogP contribution is 2.20. The first-order valence-corrected chi connectivity index (χ1v) is 5.14. The van der Waals surface area contributed by atoms with Gasteiger partial charge in [0, 0.05) is 30.6 Å². The van der Waals surface area contributed by atoms with Crippen molar-refractivity contribution in [3.63, 3.8) is 0 Å². The molecule has 3 aromatic heterocycles. The average molecular weight is 260 g/mol. The molecule has 0 bridgehead atoms. The normalized spacial score (nSPS) is 10.0. The van der Waals surface area contributed by atoms with E-state index in [0.29, 0.717) is 5.56 Å². The third-order valence-corrected chi connectivity index (χ3v) is 2.67. The van der Waals surface area contributed by atoms with Crippen LogP contribution in [0.5, 0.6) is 0 Å². The summed E-state index contributed by atoms with van der Waals surface area (Å²) in [7, 11) is 1.88. The van der Waals surface area contributed by atoms with E-state index in [9.17, 15) is 0 Å². The number of hydrogen-bond donors (Lipinski definition) is 0. The molecule has 5 nitrogen and oxygen atoms in total. The van der Waals surface area contributed by atoms with E-state index in [0.717, 1.165) is 16.6 Å². The zero-order chi connectivity index (χ0) is 11.8. The number of hydrogen-bond acceptors (Lipinski definition) is 3. The maximum atomic E-state index is 8.90. The van der Waals surface area contributed by atoms with Gasteiger partial charge in [-0.25, -0.2) is 4.52 Å². The molecule has 3 aromatic rings. The standard InChI is InChI=1S/C12H9N5.ClH/c1-16-7-11(6-14-16)9-2-3-12-10(4-13)5-15-17(12)8-9;/h2-3,5-8H,1H3;1H. The quantitative estimate of drug-likeness (QED) is 0.672. The van der Waals surface area contributed by atoms with Gasteiger partial charge in [0.1, 0.15) is 6.07 Å². The zero-order valence-corrected chi connectivity index (χ0v) is 10.4. The van der Waals surface area contributed by atoms with Gasteiger partial charge in [-0.1, -0.05) is 6.07 Å². The summed E-state index contributed by atoms with van der Waals surface area (Å²) in [6.45, 7) is 0. The predicted molar refractivity (Wildman–Crippen MR) is 69.4 cm³/mol. The molecular formula is C12H10ClN5. The summed E-state index contributed by atoms with van der Waals surface area (Å²) >= 11 is 0. The third kappa shape index (κ3) is 1.83. The lowest BCUT2D eigenvalue weighted by atomic mass is 10.1. The van der Waals surface area contributed by atoms with E-state index in [1.165, 1.54) is 0 Å². The van der Waals surface area contributed by atoms with Crippen LogP contribution in [0.2, 0.25) is 0 Å². The molecule has 0 spiro atoms. The van der Waals surface area contributed by atoms with E-state index in [1.54, 1.807) is 21.6 Å². The van der Waals surface area contributed by atoms with Gasteiger partial charge in [-0.05, 0) is 6.07 Å². The molecule has 0 aliphatic carbocycles. The minimum absolute atomic E-state index is 0. The molecular weight excluding hydrogens is 250 g/mol. The van der Waals surface area contributed by atoms with Crippen LogP contribution in [0.1, 0.15) is 5.56 Å². The van der Waals surface area contributed by atoms with Gasteiger partial charge in [0.05, 0.1) is 23.5 Å². The number of aromatic nitrogens is 4. The molecule has 0 unspecified atom stereocenters. The van der Waals surface area contributed by atoms with Crippen molar-refractivity contribution in [3.8, 4) is 17.2 Å². The Labute approximate surface area is 110 Å². The van der Waals surface area contributed by atoms with E-state index >= 15 is 0 Å². The molecule has 3 heterocycles. The van der Waals surface area contributed by atoms with Gasteiger partial charge < -0.3 is 0 Å². The van der Waals surface area contributed by atoms with Crippen molar-refractivity contribution in [1.29, 1.82) is 5.26 Å². The fourth-order valence-electron chi connectivity index (χ4n) is 1.81. The Hall–Kier alpha value is -2.32. The Kier molecular flexibility index (Phi) is 3.04. The summed E-state index contributed by atoms with van der Waals surface area (Å²) in [4.78, 5) is 0. The van der Waals surface area contributed by atoms with Crippen LogP contribution in [-0.2, 0) is 7.05 Å². The van der Waals surface area contributed by atoms with Crippen LogP contribution >= 0.6 is 12.4 Å². The molecule has 0 amide bonds. The Bertz CT molecular complexity index is 734. The van der Waals surface area contributed by atoms with Gasteiger partial charge in [-0.3, -0.25) is 4.68 Å². The van der Waals surface area contributed by atoms with E-state index < -0.39 is 0 Å². The number of nitriles is 1. The van der Waals surface area contributed by atoms with Gasteiger partial charge in [-0.15, -0.1) is 12.4 Å². The third-order valence-electron chi connectivity index (χ3n) is 2.67. The number of rotatable bonds is 1. The SMILES string of the molecule is Cl.Cn1cc(-c2ccc3c(C#N)cnn3c2)cn1. The second-order valence-electron chi connectivity index (χ2n) is 3.82. The van der Waals surface area contributed by atoms with Crippen LogP contribution < -0.4 is 0 Å². The smallest absolute Gasteiger partial charge is 0.103 e. The minimum Gasteiger partial charge on any atom is -0.275 e. The van der Waals surface area contributed by atoms with Crippen molar-refractivity contribution in [2.24, 2.45) is 7.05 Å². The molecule has 0 saturated heterocycles. The average Bonchev–Trinajstić information content (AvgIpc) is 2.94. The molecule has 3 rings (SSSR count). The van der Waals surface area contributed by atoms with Crippen molar-refractivity contribution < 1.29 is 0 Å². The van der Waals surface area contributed by atoms with Crippen molar-refractivity contribution in [2.75, 3.05) is 0 Å². The monoisotopic (exact) mass is 259 g/mol. The summed E-state index contributed by atoms with van der Waals surface area (Å²) in [5.41, 5.74) is 3.46. The predicted octanol–water partition coefficient (Wildman–Crippen LogP) is 2.03. The highest BCUT2D eigenvalue weighted by Gasteiger charge is 2.05. The van der Waals surface area contributed by atoms with Crippen LogP contribution in [0.4, 0.5) is 0 Å². The highest BCUT2D eigenvalue weighted by atomic mass is 35.5. The molecule has 0 atom stereocenters. The summed E-state index contributed by atoms with van der Waals surface area (Å²) < 4.78 is 3.46. The molecule has 0 aliphatic heterocycles. The van der Waals surface area contributed by atoms with Gasteiger partial charge in [0.15, 0.2) is 0 Å². The molecule has 0 fully saturated rings. The first-order chi connectivity index (χ1) is 8.28. The maximum absolute atomic E-state index is 8.90. The topological polar surface area (TPSA) is 58.9 Å². The van der Waals surface area contributed by atoms with Crippen molar-refractivity contribution in [3.05, 3.63) is 42.5 Å². The number of nitrogens with zero attached hydrogens (tertiary/aromatic N) is 5. The lowest BCUT2D eigenvalue weighted by molar-refractivity contribution is 0.768. The zero-order valence-electron chi connectivity index (χ0n) is 9.61. The van der Waals surface area contributed by atoms with Crippen LogP contribution in [-0.4, -0.2) is 19.4 Å². The molecule has 0 aromatic carbocycles. The van der Waals surface area contributed by atoms with Crippen LogP contribution in [0.25, 0.3) is 16.6 Å². The highest BCUT2D eigenvalue weighted by molar-refractivity contribution is 5.85. The van der Waals surface area contributed by atoms with Crippen LogP contribution in [0, 0.1) is 11.3 Å².